The van der Waals surface area contributed by atoms with Crippen molar-refractivity contribution in [3.63, 3.8) is 0 Å². The van der Waals surface area contributed by atoms with Gasteiger partial charge in [0.2, 0.25) is 0 Å². The van der Waals surface area contributed by atoms with Crippen molar-refractivity contribution in [1.82, 2.24) is 4.90 Å². The van der Waals surface area contributed by atoms with Gasteiger partial charge in [-0.25, -0.2) is 9.59 Å². The fraction of sp³-hybridized carbons (Fsp3) is 0.526. The van der Waals surface area contributed by atoms with E-state index in [0.29, 0.717) is 43.0 Å². The van der Waals surface area contributed by atoms with Crippen molar-refractivity contribution in [2.45, 2.75) is 33.3 Å². The number of nitrogens with zero attached hydrogens (tertiary/aromatic N) is 3. The molecule has 1 aliphatic rings. The summed E-state index contributed by atoms with van der Waals surface area (Å²) < 4.78 is 10.5. The van der Waals surface area contributed by atoms with Gasteiger partial charge >= 0.3 is 12.1 Å². The summed E-state index contributed by atoms with van der Waals surface area (Å²) in [6.45, 7) is 9.58. The lowest BCUT2D eigenvalue weighted by Gasteiger charge is -2.37. The van der Waals surface area contributed by atoms with E-state index >= 15 is 0 Å². The first-order valence-corrected chi connectivity index (χ1v) is 8.69. The number of amides is 1. The van der Waals surface area contributed by atoms with Crippen LogP contribution in [0.4, 0.5) is 10.5 Å². The molecule has 7 heteroatoms. The molecule has 1 saturated heterocycles. The van der Waals surface area contributed by atoms with Crippen LogP contribution in [0.25, 0.3) is 0 Å². The van der Waals surface area contributed by atoms with E-state index in [4.69, 9.17) is 14.7 Å². The Kier molecular flexibility index (Phi) is 6.09. The third-order valence-electron chi connectivity index (χ3n) is 3.89. The van der Waals surface area contributed by atoms with Gasteiger partial charge in [-0.05, 0) is 45.9 Å². The molecule has 1 amide bonds. The van der Waals surface area contributed by atoms with Crippen LogP contribution < -0.4 is 4.90 Å². The molecule has 1 aromatic carbocycles. The molecule has 0 aliphatic carbocycles. The molecule has 0 spiro atoms. The highest BCUT2D eigenvalue weighted by Crippen LogP contribution is 2.25. The minimum atomic E-state index is -0.535. The topological polar surface area (TPSA) is 82.9 Å². The zero-order chi connectivity index (χ0) is 19.3. The Hall–Kier alpha value is -2.75. The summed E-state index contributed by atoms with van der Waals surface area (Å²) >= 11 is 0. The molecular formula is C19H25N3O4. The number of piperazine rings is 1. The molecule has 1 heterocycles. The van der Waals surface area contributed by atoms with Crippen LogP contribution in [0.2, 0.25) is 0 Å². The van der Waals surface area contributed by atoms with Crippen LogP contribution in [0.15, 0.2) is 18.2 Å². The van der Waals surface area contributed by atoms with Gasteiger partial charge < -0.3 is 19.3 Å². The summed E-state index contributed by atoms with van der Waals surface area (Å²) in [6.07, 6.45) is -0.339. The van der Waals surface area contributed by atoms with Gasteiger partial charge in [-0.2, -0.15) is 5.26 Å². The van der Waals surface area contributed by atoms with Crippen LogP contribution in [0.3, 0.4) is 0 Å². The summed E-state index contributed by atoms with van der Waals surface area (Å²) in [6, 6.07) is 7.00. The molecular weight excluding hydrogens is 334 g/mol. The fourth-order valence-corrected chi connectivity index (χ4v) is 2.70. The Morgan fingerprint density at radius 2 is 1.85 bits per heavy atom. The van der Waals surface area contributed by atoms with Gasteiger partial charge in [0, 0.05) is 26.2 Å². The fourth-order valence-electron chi connectivity index (χ4n) is 2.70. The van der Waals surface area contributed by atoms with Crippen molar-refractivity contribution in [3.8, 4) is 6.07 Å². The maximum absolute atomic E-state index is 12.2. The third-order valence-corrected chi connectivity index (χ3v) is 3.89. The molecule has 0 N–H and O–H groups in total. The Morgan fingerprint density at radius 1 is 1.19 bits per heavy atom. The number of anilines is 1. The van der Waals surface area contributed by atoms with Crippen molar-refractivity contribution >= 4 is 17.7 Å². The summed E-state index contributed by atoms with van der Waals surface area (Å²) in [5, 5.41) is 9.16. The van der Waals surface area contributed by atoms with E-state index in [1.165, 1.54) is 0 Å². The van der Waals surface area contributed by atoms with Crippen molar-refractivity contribution in [2.24, 2.45) is 0 Å². The predicted molar refractivity (Wildman–Crippen MR) is 97.1 cm³/mol. The summed E-state index contributed by atoms with van der Waals surface area (Å²) in [7, 11) is 0. The van der Waals surface area contributed by atoms with Gasteiger partial charge in [0.1, 0.15) is 5.60 Å². The highest BCUT2D eigenvalue weighted by Gasteiger charge is 2.27. The molecule has 0 bridgehead atoms. The maximum atomic E-state index is 12.2. The summed E-state index contributed by atoms with van der Waals surface area (Å²) in [4.78, 5) is 28.1. The molecule has 140 valence electrons. The molecule has 0 radical (unpaired) electrons. The van der Waals surface area contributed by atoms with E-state index in [1.807, 2.05) is 25.7 Å². The van der Waals surface area contributed by atoms with Gasteiger partial charge in [0.25, 0.3) is 0 Å². The first-order chi connectivity index (χ1) is 12.2. The smallest absolute Gasteiger partial charge is 0.410 e. The van der Waals surface area contributed by atoms with E-state index in [2.05, 4.69) is 6.07 Å². The lowest BCUT2D eigenvalue weighted by atomic mass is 10.1. The molecule has 1 aliphatic heterocycles. The first-order valence-electron chi connectivity index (χ1n) is 8.69. The number of hydrogen-bond acceptors (Lipinski definition) is 6. The molecule has 0 saturated carbocycles. The van der Waals surface area contributed by atoms with Gasteiger partial charge in [0.15, 0.2) is 0 Å². The van der Waals surface area contributed by atoms with Gasteiger partial charge in [-0.3, -0.25) is 0 Å². The van der Waals surface area contributed by atoms with Crippen LogP contribution in [0, 0.1) is 11.3 Å². The normalized spacial score (nSPS) is 14.6. The average Bonchev–Trinajstić information content (AvgIpc) is 2.60. The second-order valence-electron chi connectivity index (χ2n) is 7.02. The number of ether oxygens (including phenoxy) is 2. The Balaban J connectivity index is 2.14. The Morgan fingerprint density at radius 3 is 2.38 bits per heavy atom. The predicted octanol–water partition coefficient (Wildman–Crippen LogP) is 2.79. The van der Waals surface area contributed by atoms with Gasteiger partial charge in [-0.15, -0.1) is 0 Å². The van der Waals surface area contributed by atoms with E-state index in [1.54, 1.807) is 30.0 Å². The Bertz CT molecular complexity index is 710. The van der Waals surface area contributed by atoms with Crippen LogP contribution in [0.1, 0.15) is 43.6 Å². The third kappa shape index (κ3) is 4.88. The summed E-state index contributed by atoms with van der Waals surface area (Å²) in [5.74, 6) is -0.415. The number of hydrogen-bond donors (Lipinski definition) is 0. The van der Waals surface area contributed by atoms with Crippen LogP contribution in [-0.2, 0) is 9.47 Å². The minimum Gasteiger partial charge on any atom is -0.462 e. The largest absolute Gasteiger partial charge is 0.462 e. The monoisotopic (exact) mass is 359 g/mol. The average molecular weight is 359 g/mol. The van der Waals surface area contributed by atoms with Crippen molar-refractivity contribution in [2.75, 3.05) is 37.7 Å². The maximum Gasteiger partial charge on any atom is 0.410 e. The molecule has 2 rings (SSSR count). The molecule has 1 fully saturated rings. The number of esters is 1. The molecule has 0 aromatic heterocycles. The zero-order valence-electron chi connectivity index (χ0n) is 15.7. The van der Waals surface area contributed by atoms with E-state index < -0.39 is 11.6 Å². The van der Waals surface area contributed by atoms with Crippen molar-refractivity contribution in [1.29, 1.82) is 5.26 Å². The highest BCUT2D eigenvalue weighted by molar-refractivity contribution is 5.96. The van der Waals surface area contributed by atoms with E-state index in [9.17, 15) is 9.59 Å². The Labute approximate surface area is 154 Å². The lowest BCUT2D eigenvalue weighted by molar-refractivity contribution is 0.0239. The quantitative estimate of drug-likeness (QED) is 0.772. The van der Waals surface area contributed by atoms with Crippen LogP contribution >= 0.6 is 0 Å². The highest BCUT2D eigenvalue weighted by atomic mass is 16.6. The number of rotatable bonds is 3. The molecule has 7 nitrogen and oxygen atoms in total. The molecule has 0 unspecified atom stereocenters. The molecule has 1 aromatic rings. The molecule has 0 atom stereocenters. The molecule has 26 heavy (non-hydrogen) atoms. The number of nitriles is 1. The summed E-state index contributed by atoms with van der Waals surface area (Å²) in [5.41, 5.74) is 1.03. The number of carbonyl (C=O) groups excluding carboxylic acids is 2. The van der Waals surface area contributed by atoms with E-state index in [-0.39, 0.29) is 12.7 Å². The number of carbonyl (C=O) groups is 2. The first kappa shape index (κ1) is 19.6. The minimum absolute atomic E-state index is 0.282. The second-order valence-corrected chi connectivity index (χ2v) is 7.02. The van der Waals surface area contributed by atoms with Gasteiger partial charge in [-0.1, -0.05) is 0 Å². The lowest BCUT2D eigenvalue weighted by Crippen LogP contribution is -2.50. The second kappa shape index (κ2) is 8.09. The van der Waals surface area contributed by atoms with E-state index in [0.717, 1.165) is 0 Å². The standard InChI is InChI=1S/C19H25N3O4/c1-5-25-17(23)15-7-6-14(13-20)12-16(15)21-8-10-22(11-9-21)18(24)26-19(2,3)4/h6-7,12H,5,8-11H2,1-4H3. The zero-order valence-corrected chi connectivity index (χ0v) is 15.7. The van der Waals surface area contributed by atoms with Crippen LogP contribution in [0.5, 0.6) is 0 Å². The van der Waals surface area contributed by atoms with Crippen LogP contribution in [-0.4, -0.2) is 55.3 Å². The van der Waals surface area contributed by atoms with Gasteiger partial charge in [0.05, 0.1) is 29.5 Å². The van der Waals surface area contributed by atoms with Crippen molar-refractivity contribution < 1.29 is 19.1 Å². The van der Waals surface area contributed by atoms with Crippen molar-refractivity contribution in [3.05, 3.63) is 29.3 Å². The SMILES string of the molecule is CCOC(=O)c1ccc(C#N)cc1N1CCN(C(=O)OC(C)(C)C)CC1. The number of benzene rings is 1.